The number of H-pyrrole nitrogens is 1. The molecule has 0 saturated heterocycles. The average Bonchev–Trinajstić information content (AvgIpc) is 3.05. The van der Waals surface area contributed by atoms with E-state index >= 15 is 0 Å². The Labute approximate surface area is 144 Å². The van der Waals surface area contributed by atoms with Gasteiger partial charge in [0.25, 0.3) is 0 Å². The molecule has 0 aliphatic rings. The van der Waals surface area contributed by atoms with Crippen molar-refractivity contribution in [1.82, 2.24) is 20.1 Å². The highest BCUT2D eigenvalue weighted by atomic mass is 16.5. The van der Waals surface area contributed by atoms with Gasteiger partial charge in [-0.1, -0.05) is 42.5 Å². The number of nitrogens with one attached hydrogen (secondary N) is 2. The summed E-state index contributed by atoms with van der Waals surface area (Å²) in [5.41, 5.74) is 1.44. The third-order valence-electron chi connectivity index (χ3n) is 3.82. The van der Waals surface area contributed by atoms with E-state index in [9.17, 15) is 9.59 Å². The summed E-state index contributed by atoms with van der Waals surface area (Å²) in [6, 6.07) is 16.8. The first-order valence-corrected chi connectivity index (χ1v) is 7.75. The molecule has 1 atom stereocenters. The quantitative estimate of drug-likeness (QED) is 0.712. The molecule has 0 aliphatic heterocycles. The summed E-state index contributed by atoms with van der Waals surface area (Å²) >= 11 is 0. The largest absolute Gasteiger partial charge is 0.497 e. The Morgan fingerprint density at radius 2 is 1.84 bits per heavy atom. The van der Waals surface area contributed by atoms with Gasteiger partial charge in [-0.3, -0.25) is 9.36 Å². The first kappa shape index (κ1) is 16.5. The van der Waals surface area contributed by atoms with Gasteiger partial charge >= 0.3 is 5.69 Å². The highest BCUT2D eigenvalue weighted by molar-refractivity contribution is 5.76. The summed E-state index contributed by atoms with van der Waals surface area (Å²) in [7, 11) is 1.61. The minimum atomic E-state index is -0.421. The van der Waals surface area contributed by atoms with Crippen LogP contribution in [0.3, 0.4) is 0 Å². The molecule has 0 bridgehead atoms. The molecule has 1 heterocycles. The van der Waals surface area contributed by atoms with Crippen molar-refractivity contribution in [3.05, 3.63) is 82.5 Å². The number of aromatic nitrogens is 3. The van der Waals surface area contributed by atoms with Crippen molar-refractivity contribution < 1.29 is 9.53 Å². The van der Waals surface area contributed by atoms with Crippen LogP contribution < -0.4 is 15.7 Å². The monoisotopic (exact) mass is 338 g/mol. The lowest BCUT2D eigenvalue weighted by Crippen LogP contribution is -2.34. The summed E-state index contributed by atoms with van der Waals surface area (Å²) in [6.45, 7) is -0.102. The molecule has 1 amide bonds. The van der Waals surface area contributed by atoms with Gasteiger partial charge < -0.3 is 10.1 Å². The van der Waals surface area contributed by atoms with E-state index in [2.05, 4.69) is 15.5 Å². The van der Waals surface area contributed by atoms with Crippen molar-refractivity contribution in [2.45, 2.75) is 12.6 Å². The van der Waals surface area contributed by atoms with Crippen molar-refractivity contribution >= 4 is 5.91 Å². The predicted octanol–water partition coefficient (Wildman–Crippen LogP) is 1.49. The van der Waals surface area contributed by atoms with Gasteiger partial charge in [-0.25, -0.2) is 9.89 Å². The molecule has 0 spiro atoms. The van der Waals surface area contributed by atoms with Crippen LogP contribution in [-0.4, -0.2) is 27.8 Å². The van der Waals surface area contributed by atoms with Crippen molar-refractivity contribution in [3.8, 4) is 5.75 Å². The molecule has 128 valence electrons. The SMILES string of the molecule is COc1ccc([C@@H](NC(=O)Cn2cn[nH]c2=O)c2ccccc2)cc1. The summed E-state index contributed by atoms with van der Waals surface area (Å²) in [4.78, 5) is 23.9. The molecule has 1 aromatic heterocycles. The Kier molecular flexibility index (Phi) is 4.94. The molecular formula is C18H18N4O3. The second-order valence-electron chi connectivity index (χ2n) is 5.47. The Bertz CT molecular complexity index is 884. The normalized spacial score (nSPS) is 11.7. The van der Waals surface area contributed by atoms with Crippen LogP contribution in [0.15, 0.2) is 65.7 Å². The summed E-state index contributed by atoms with van der Waals surface area (Å²) in [6.07, 6.45) is 1.30. The number of benzene rings is 2. The number of nitrogens with zero attached hydrogens (tertiary/aromatic N) is 2. The molecule has 2 N–H and O–H groups in total. The molecular weight excluding hydrogens is 320 g/mol. The molecule has 0 unspecified atom stereocenters. The predicted molar refractivity (Wildman–Crippen MR) is 92.3 cm³/mol. The molecule has 3 aromatic rings. The molecule has 7 nitrogen and oxygen atoms in total. The Hall–Kier alpha value is -3.35. The fraction of sp³-hybridized carbons (Fsp3) is 0.167. The fourth-order valence-electron chi connectivity index (χ4n) is 2.55. The number of amides is 1. The van der Waals surface area contributed by atoms with Crippen LogP contribution in [0.4, 0.5) is 0 Å². The minimum Gasteiger partial charge on any atom is -0.497 e. The van der Waals surface area contributed by atoms with E-state index in [1.807, 2.05) is 54.6 Å². The van der Waals surface area contributed by atoms with Crippen molar-refractivity contribution in [1.29, 1.82) is 0 Å². The number of carbonyl (C=O) groups is 1. The van der Waals surface area contributed by atoms with Gasteiger partial charge in [-0.05, 0) is 23.3 Å². The van der Waals surface area contributed by atoms with Gasteiger partial charge in [0.15, 0.2) is 0 Å². The lowest BCUT2D eigenvalue weighted by Gasteiger charge is -2.20. The van der Waals surface area contributed by atoms with Crippen LogP contribution >= 0.6 is 0 Å². The van der Waals surface area contributed by atoms with E-state index in [0.29, 0.717) is 0 Å². The van der Waals surface area contributed by atoms with Gasteiger partial charge in [0.2, 0.25) is 5.91 Å². The van der Waals surface area contributed by atoms with Crippen LogP contribution in [-0.2, 0) is 11.3 Å². The highest BCUT2D eigenvalue weighted by Gasteiger charge is 2.17. The molecule has 0 saturated carbocycles. The second kappa shape index (κ2) is 7.48. The molecule has 25 heavy (non-hydrogen) atoms. The zero-order valence-electron chi connectivity index (χ0n) is 13.7. The zero-order chi connectivity index (χ0) is 17.6. The first-order valence-electron chi connectivity index (χ1n) is 7.75. The second-order valence-corrected chi connectivity index (χ2v) is 5.47. The standard InChI is InChI=1S/C18H18N4O3/c1-25-15-9-7-14(8-10-15)17(13-5-3-2-4-6-13)20-16(23)11-22-12-19-21-18(22)24/h2-10,12,17H,11H2,1H3,(H,20,23)(H,21,24)/t17-/m0/s1. The highest BCUT2D eigenvalue weighted by Crippen LogP contribution is 2.24. The van der Waals surface area contributed by atoms with Gasteiger partial charge in [-0.15, -0.1) is 0 Å². The van der Waals surface area contributed by atoms with Crippen LogP contribution in [0.5, 0.6) is 5.75 Å². The van der Waals surface area contributed by atoms with Crippen LogP contribution in [0, 0.1) is 0 Å². The Morgan fingerprint density at radius 1 is 1.16 bits per heavy atom. The van der Waals surface area contributed by atoms with E-state index < -0.39 is 5.69 Å². The summed E-state index contributed by atoms with van der Waals surface area (Å²) < 4.78 is 6.40. The number of ether oxygens (including phenoxy) is 1. The van der Waals surface area contributed by atoms with Crippen LogP contribution in [0.25, 0.3) is 0 Å². The maximum absolute atomic E-state index is 12.4. The van der Waals surface area contributed by atoms with Gasteiger partial charge in [0.1, 0.15) is 18.6 Å². The lowest BCUT2D eigenvalue weighted by atomic mass is 9.98. The molecule has 7 heteroatoms. The maximum Gasteiger partial charge on any atom is 0.343 e. The molecule has 0 fully saturated rings. The van der Waals surface area contributed by atoms with E-state index in [1.54, 1.807) is 7.11 Å². The molecule has 3 rings (SSSR count). The zero-order valence-corrected chi connectivity index (χ0v) is 13.7. The van der Waals surface area contributed by atoms with Gasteiger partial charge in [-0.2, -0.15) is 5.10 Å². The maximum atomic E-state index is 12.4. The van der Waals surface area contributed by atoms with E-state index in [0.717, 1.165) is 16.9 Å². The number of hydrogen-bond donors (Lipinski definition) is 2. The number of aromatic amines is 1. The number of rotatable bonds is 6. The smallest absolute Gasteiger partial charge is 0.343 e. The summed E-state index contributed by atoms with van der Waals surface area (Å²) in [5, 5.41) is 8.86. The van der Waals surface area contributed by atoms with E-state index in [4.69, 9.17) is 4.74 Å². The lowest BCUT2D eigenvalue weighted by molar-refractivity contribution is -0.122. The fourth-order valence-corrected chi connectivity index (χ4v) is 2.55. The van der Waals surface area contributed by atoms with Crippen molar-refractivity contribution in [3.63, 3.8) is 0 Å². The topological polar surface area (TPSA) is 89.0 Å². The molecule has 2 aromatic carbocycles. The molecule has 0 radical (unpaired) electrons. The Morgan fingerprint density at radius 3 is 2.44 bits per heavy atom. The number of methoxy groups -OCH3 is 1. The third kappa shape index (κ3) is 3.95. The van der Waals surface area contributed by atoms with E-state index in [1.165, 1.54) is 10.9 Å². The minimum absolute atomic E-state index is 0.102. The third-order valence-corrected chi connectivity index (χ3v) is 3.82. The van der Waals surface area contributed by atoms with Crippen LogP contribution in [0.1, 0.15) is 17.2 Å². The van der Waals surface area contributed by atoms with Crippen molar-refractivity contribution in [2.75, 3.05) is 7.11 Å². The molecule has 0 aliphatic carbocycles. The first-order chi connectivity index (χ1) is 12.2. The number of hydrogen-bond acceptors (Lipinski definition) is 4. The van der Waals surface area contributed by atoms with E-state index in [-0.39, 0.29) is 18.5 Å². The van der Waals surface area contributed by atoms with Gasteiger partial charge in [0, 0.05) is 0 Å². The van der Waals surface area contributed by atoms with Crippen LogP contribution in [0.2, 0.25) is 0 Å². The van der Waals surface area contributed by atoms with Crippen molar-refractivity contribution in [2.24, 2.45) is 0 Å². The van der Waals surface area contributed by atoms with Gasteiger partial charge in [0.05, 0.1) is 13.2 Å². The Balaban J connectivity index is 1.84. The average molecular weight is 338 g/mol. The number of carbonyl (C=O) groups excluding carboxylic acids is 1. The summed E-state index contributed by atoms with van der Waals surface area (Å²) in [5.74, 6) is 0.458.